The Bertz CT molecular complexity index is 2890. The van der Waals surface area contributed by atoms with Crippen LogP contribution in [0.15, 0.2) is 190 Å². The fourth-order valence-electron chi connectivity index (χ4n) is 12.9. The smallest absolute Gasteiger partial charge is 0.138 e. The molecule has 2 N–H and O–H groups in total. The average molecular weight is 835 g/mol. The van der Waals surface area contributed by atoms with Gasteiger partial charge in [-0.3, -0.25) is 10.6 Å². The Morgan fingerprint density at radius 2 is 1.61 bits per heavy atom. The standard InChI is InChI=1S/C60H58N4/c1-60(48-23-12-5-13-24-48)62-54(40-20-10-4-11-21-40)36-52-42-26-28-50-51-29-27-43-30-41-22-14-15-25-49(41)56(43)58(51)64(55(50)35-42)59-53(57(52)63-60)34-47(37-61-59)46-32-44(38-16-6-2-7-17-38)31-45(33-46)39-18-8-3-9-19-39/h2,4-6,10-13,15-16,18,20,23-26,28,31-34,36-37,40,54-55,57,62-63H,3,7-9,14,17,19,21-22,27,29-30,35H2,1H3. The molecule has 1 aromatic heterocycles. The maximum Gasteiger partial charge on any atom is 0.138 e. The van der Waals surface area contributed by atoms with E-state index in [2.05, 4.69) is 162 Å². The molecule has 318 valence electrons. The topological polar surface area (TPSA) is 40.2 Å². The molecule has 0 radical (unpaired) electrons. The Labute approximate surface area is 379 Å². The molecule has 4 nitrogen and oxygen atoms in total. The molecule has 0 fully saturated rings. The van der Waals surface area contributed by atoms with Crippen LogP contribution in [0.4, 0.5) is 5.82 Å². The highest BCUT2D eigenvalue weighted by molar-refractivity contribution is 5.83. The van der Waals surface area contributed by atoms with Crippen LogP contribution in [0.5, 0.6) is 0 Å². The predicted octanol–water partition coefficient (Wildman–Crippen LogP) is 13.8. The third-order valence-corrected chi connectivity index (χ3v) is 16.2. The van der Waals surface area contributed by atoms with E-state index in [1.165, 1.54) is 104 Å². The highest BCUT2D eigenvalue weighted by Gasteiger charge is 2.49. The summed E-state index contributed by atoms with van der Waals surface area (Å²) in [6.45, 7) is 2.37. The number of allylic oxidation sites excluding steroid dienone is 16. The number of benzene rings is 2. The summed E-state index contributed by atoms with van der Waals surface area (Å²) in [5, 5.41) is 8.67. The van der Waals surface area contributed by atoms with Gasteiger partial charge in [-0.15, -0.1) is 0 Å². The second kappa shape index (κ2) is 15.4. The highest BCUT2D eigenvalue weighted by atomic mass is 15.3. The summed E-state index contributed by atoms with van der Waals surface area (Å²) in [4.78, 5) is 8.56. The van der Waals surface area contributed by atoms with E-state index in [9.17, 15) is 0 Å². The first kappa shape index (κ1) is 38.6. The fourth-order valence-corrected chi connectivity index (χ4v) is 12.9. The van der Waals surface area contributed by atoms with Crippen LogP contribution in [0.1, 0.15) is 119 Å². The largest absolute Gasteiger partial charge is 0.317 e. The van der Waals surface area contributed by atoms with Crippen molar-refractivity contribution in [2.75, 3.05) is 4.90 Å². The Morgan fingerprint density at radius 1 is 0.719 bits per heavy atom. The van der Waals surface area contributed by atoms with Crippen LogP contribution in [-0.2, 0) is 5.66 Å². The summed E-state index contributed by atoms with van der Waals surface area (Å²) in [5.41, 5.74) is 23.7. The second-order valence-electron chi connectivity index (χ2n) is 20.0. The summed E-state index contributed by atoms with van der Waals surface area (Å²) in [7, 11) is 0. The molecular weight excluding hydrogens is 777 g/mol. The molecule has 4 heteroatoms. The number of hydrogen-bond acceptors (Lipinski definition) is 4. The van der Waals surface area contributed by atoms with Crippen molar-refractivity contribution in [1.82, 2.24) is 15.6 Å². The number of aromatic nitrogens is 1. The van der Waals surface area contributed by atoms with E-state index in [4.69, 9.17) is 4.98 Å². The van der Waals surface area contributed by atoms with Crippen LogP contribution in [0.2, 0.25) is 0 Å². The molecule has 64 heavy (non-hydrogen) atoms. The molecule has 0 saturated carbocycles. The number of anilines is 1. The number of nitrogens with zero attached hydrogens (tertiary/aromatic N) is 2. The number of fused-ring (bicyclic) bond motifs is 10. The molecule has 0 spiro atoms. The summed E-state index contributed by atoms with van der Waals surface area (Å²) in [6, 6.07) is 21.3. The van der Waals surface area contributed by atoms with Gasteiger partial charge in [-0.05, 0) is 182 Å². The van der Waals surface area contributed by atoms with Crippen LogP contribution in [0.3, 0.4) is 0 Å². The van der Waals surface area contributed by atoms with Gasteiger partial charge in [0.2, 0.25) is 0 Å². The fraction of sp³-hybridized carbons (Fsp3) is 0.317. The summed E-state index contributed by atoms with van der Waals surface area (Å²) < 4.78 is 0. The van der Waals surface area contributed by atoms with Crippen molar-refractivity contribution in [2.24, 2.45) is 5.92 Å². The van der Waals surface area contributed by atoms with Crippen molar-refractivity contribution in [3.05, 3.63) is 212 Å². The van der Waals surface area contributed by atoms with Gasteiger partial charge in [0.25, 0.3) is 0 Å². The van der Waals surface area contributed by atoms with Crippen LogP contribution >= 0.6 is 0 Å². The molecular formula is C60H58N4. The van der Waals surface area contributed by atoms with E-state index in [-0.39, 0.29) is 18.1 Å². The zero-order valence-electron chi connectivity index (χ0n) is 37.2. The monoisotopic (exact) mass is 834 g/mol. The van der Waals surface area contributed by atoms with Crippen molar-refractivity contribution in [1.29, 1.82) is 0 Å². The molecule has 7 aliphatic carbocycles. The van der Waals surface area contributed by atoms with Crippen molar-refractivity contribution in [3.8, 4) is 11.1 Å². The molecule has 3 aromatic rings. The lowest BCUT2D eigenvalue weighted by molar-refractivity contribution is 0.243. The minimum absolute atomic E-state index is 0.116. The van der Waals surface area contributed by atoms with E-state index in [1.807, 2.05) is 0 Å². The van der Waals surface area contributed by atoms with Gasteiger partial charge >= 0.3 is 0 Å². The van der Waals surface area contributed by atoms with Gasteiger partial charge in [0.15, 0.2) is 0 Å². The Hall–Kier alpha value is -5.81. The first-order chi connectivity index (χ1) is 31.6. The van der Waals surface area contributed by atoms with Crippen LogP contribution in [0, 0.1) is 5.92 Å². The summed E-state index contributed by atoms with van der Waals surface area (Å²) in [6.07, 6.45) is 48.1. The number of pyridine rings is 1. The van der Waals surface area contributed by atoms with Crippen LogP contribution < -0.4 is 15.5 Å². The zero-order chi connectivity index (χ0) is 42.4. The van der Waals surface area contributed by atoms with E-state index in [0.29, 0.717) is 5.92 Å². The van der Waals surface area contributed by atoms with Crippen molar-refractivity contribution < 1.29 is 0 Å². The minimum Gasteiger partial charge on any atom is -0.317 e. The van der Waals surface area contributed by atoms with Crippen LogP contribution in [0.25, 0.3) is 22.3 Å². The van der Waals surface area contributed by atoms with Gasteiger partial charge in [0.1, 0.15) is 5.82 Å². The molecule has 0 amide bonds. The lowest BCUT2D eigenvalue weighted by atomic mass is 9.79. The second-order valence-corrected chi connectivity index (χ2v) is 20.0. The van der Waals surface area contributed by atoms with E-state index in [1.54, 1.807) is 16.7 Å². The molecule has 5 atom stereocenters. The van der Waals surface area contributed by atoms with Gasteiger partial charge in [0.05, 0.1) is 23.4 Å². The maximum atomic E-state index is 5.81. The number of nitrogens with one attached hydrogen (secondary N) is 2. The van der Waals surface area contributed by atoms with Crippen molar-refractivity contribution in [3.63, 3.8) is 0 Å². The quantitative estimate of drug-likeness (QED) is 0.269. The molecule has 2 bridgehead atoms. The zero-order valence-corrected chi connectivity index (χ0v) is 37.2. The highest BCUT2D eigenvalue weighted by Crippen LogP contribution is 2.58. The molecule has 10 aliphatic rings. The molecule has 5 unspecified atom stereocenters. The van der Waals surface area contributed by atoms with E-state index in [0.717, 1.165) is 63.6 Å². The lowest BCUT2D eigenvalue weighted by Crippen LogP contribution is -2.56. The SMILES string of the molecule is CC1(c2ccccc2)NC2C(=CC(C3C=CC=CC3)N1)C1=CC=C3C4=C(C5=C(CC4)CC4=C5C=CCC4)N(c4ncc(-c5cc(C6=CC=CCC6)cc(C6=CCCCC6)c5)cc42)C3C1. The lowest BCUT2D eigenvalue weighted by Gasteiger charge is -2.42. The molecule has 4 heterocycles. The van der Waals surface area contributed by atoms with Gasteiger partial charge < -0.3 is 4.90 Å². The van der Waals surface area contributed by atoms with Gasteiger partial charge in [0, 0.05) is 28.9 Å². The maximum absolute atomic E-state index is 5.81. The van der Waals surface area contributed by atoms with Gasteiger partial charge in [-0.2, -0.15) is 0 Å². The van der Waals surface area contributed by atoms with E-state index < -0.39 is 5.66 Å². The number of hydrogen-bond donors (Lipinski definition) is 2. The summed E-state index contributed by atoms with van der Waals surface area (Å²) >= 11 is 0. The Balaban J connectivity index is 1.05. The van der Waals surface area contributed by atoms with Gasteiger partial charge in [-0.1, -0.05) is 120 Å². The minimum atomic E-state index is -0.540. The first-order valence-electron chi connectivity index (χ1n) is 24.5. The molecule has 3 aliphatic heterocycles. The van der Waals surface area contributed by atoms with Crippen molar-refractivity contribution in [2.45, 2.75) is 114 Å². The van der Waals surface area contributed by atoms with Crippen LogP contribution in [-0.4, -0.2) is 17.1 Å². The third kappa shape index (κ3) is 6.35. The molecule has 0 saturated heterocycles. The first-order valence-corrected chi connectivity index (χ1v) is 24.5. The molecule has 2 aromatic carbocycles. The van der Waals surface area contributed by atoms with Gasteiger partial charge in [-0.25, -0.2) is 4.98 Å². The average Bonchev–Trinajstić information content (AvgIpc) is 3.84. The number of rotatable bonds is 5. The normalized spacial score (nSPS) is 28.8. The third-order valence-electron chi connectivity index (χ3n) is 16.2. The Morgan fingerprint density at radius 3 is 2.45 bits per heavy atom. The Kier molecular flexibility index (Phi) is 9.31. The van der Waals surface area contributed by atoms with E-state index >= 15 is 0 Å². The predicted molar refractivity (Wildman–Crippen MR) is 264 cm³/mol. The van der Waals surface area contributed by atoms with Crippen molar-refractivity contribution >= 4 is 17.0 Å². The summed E-state index contributed by atoms with van der Waals surface area (Å²) in [5.74, 6) is 1.44. The molecule has 13 rings (SSSR count).